The summed E-state index contributed by atoms with van der Waals surface area (Å²) in [6.45, 7) is 1.99. The molecule has 1 aromatic rings. The van der Waals surface area contributed by atoms with E-state index in [2.05, 4.69) is 26.1 Å². The number of halogens is 2. The molecule has 0 radical (unpaired) electrons. The van der Waals surface area contributed by atoms with Crippen LogP contribution in [0.4, 0.5) is 4.39 Å². The molecule has 1 heterocycles. The summed E-state index contributed by atoms with van der Waals surface area (Å²) in [5.74, 6) is 0.442. The van der Waals surface area contributed by atoms with Gasteiger partial charge in [-0.1, -0.05) is 13.0 Å². The van der Waals surface area contributed by atoms with Crippen LogP contribution < -0.4 is 5.73 Å². The summed E-state index contributed by atoms with van der Waals surface area (Å²) in [5, 5.41) is 7.93. The Morgan fingerprint density at radius 2 is 2.19 bits per heavy atom. The van der Waals surface area contributed by atoms with Gasteiger partial charge in [-0.2, -0.15) is 5.10 Å². The van der Waals surface area contributed by atoms with E-state index in [1.807, 2.05) is 6.92 Å². The molecule has 2 N–H and O–H groups in total. The number of nitrogens with two attached hydrogens (primary N) is 1. The predicted octanol–water partition coefficient (Wildman–Crippen LogP) is 2.69. The van der Waals surface area contributed by atoms with Crippen molar-refractivity contribution in [2.24, 2.45) is 21.9 Å². The van der Waals surface area contributed by atoms with Crippen LogP contribution in [0.3, 0.4) is 0 Å². The van der Waals surface area contributed by atoms with E-state index >= 15 is 0 Å². The number of nitrogens with zero attached hydrogens (tertiary/aromatic N) is 2. The van der Waals surface area contributed by atoms with Gasteiger partial charge in [0.1, 0.15) is 11.7 Å². The van der Waals surface area contributed by atoms with E-state index in [9.17, 15) is 4.39 Å². The van der Waals surface area contributed by atoms with Gasteiger partial charge in [0.25, 0.3) is 0 Å². The third kappa shape index (κ3) is 2.14. The molecule has 0 aromatic heterocycles. The first-order chi connectivity index (χ1) is 7.58. The topological polar surface area (TPSA) is 50.7 Å². The summed E-state index contributed by atoms with van der Waals surface area (Å²) in [5.41, 5.74) is 7.35. The lowest BCUT2D eigenvalue weighted by molar-refractivity contribution is 0.621. The molecule has 0 amide bonds. The average molecular weight is 284 g/mol. The van der Waals surface area contributed by atoms with E-state index in [-0.39, 0.29) is 11.7 Å². The number of hydrogen-bond donors (Lipinski definition) is 1. The fourth-order valence-corrected chi connectivity index (χ4v) is 1.88. The Bertz CT molecular complexity index is 482. The molecular formula is C11H11BrFN3. The van der Waals surface area contributed by atoms with Crippen molar-refractivity contribution in [3.63, 3.8) is 0 Å². The van der Waals surface area contributed by atoms with Gasteiger partial charge >= 0.3 is 0 Å². The Kier molecular flexibility index (Phi) is 3.05. The molecule has 1 aromatic carbocycles. The van der Waals surface area contributed by atoms with Crippen molar-refractivity contribution in [2.75, 3.05) is 0 Å². The minimum atomic E-state index is -0.281. The van der Waals surface area contributed by atoms with Crippen molar-refractivity contribution in [1.29, 1.82) is 0 Å². The van der Waals surface area contributed by atoms with Gasteiger partial charge < -0.3 is 5.73 Å². The molecule has 1 aliphatic rings. The first-order valence-corrected chi connectivity index (χ1v) is 5.72. The highest BCUT2D eigenvalue weighted by Gasteiger charge is 2.17. The highest BCUT2D eigenvalue weighted by Crippen LogP contribution is 2.21. The molecule has 1 atom stereocenters. The Hall–Kier alpha value is -1.23. The molecule has 1 unspecified atom stereocenters. The van der Waals surface area contributed by atoms with Crippen LogP contribution in [-0.4, -0.2) is 11.5 Å². The monoisotopic (exact) mass is 283 g/mol. The van der Waals surface area contributed by atoms with Gasteiger partial charge in [0.05, 0.1) is 10.2 Å². The van der Waals surface area contributed by atoms with E-state index in [1.165, 1.54) is 6.07 Å². The standard InChI is InChI=1S/C11H11BrFN3/c1-6-4-10(15-16-11(6)14)7-2-3-9(13)8(12)5-7/h2-3,5-6H,4H2,1H3,(H2,14,16). The molecule has 2 rings (SSSR count). The van der Waals surface area contributed by atoms with E-state index < -0.39 is 0 Å². The molecule has 0 aliphatic carbocycles. The quantitative estimate of drug-likeness (QED) is 0.847. The Morgan fingerprint density at radius 3 is 2.81 bits per heavy atom. The van der Waals surface area contributed by atoms with Crippen LogP contribution in [0.25, 0.3) is 0 Å². The number of rotatable bonds is 1. The normalized spacial score (nSPS) is 20.3. The van der Waals surface area contributed by atoms with Crippen LogP contribution >= 0.6 is 15.9 Å². The van der Waals surface area contributed by atoms with Crippen LogP contribution in [0.5, 0.6) is 0 Å². The zero-order valence-corrected chi connectivity index (χ0v) is 10.3. The largest absolute Gasteiger partial charge is 0.385 e. The summed E-state index contributed by atoms with van der Waals surface area (Å²) in [6, 6.07) is 4.81. The first-order valence-electron chi connectivity index (χ1n) is 4.93. The molecule has 0 saturated heterocycles. The second-order valence-corrected chi connectivity index (χ2v) is 4.66. The van der Waals surface area contributed by atoms with Crippen molar-refractivity contribution in [3.8, 4) is 0 Å². The number of hydrogen-bond acceptors (Lipinski definition) is 3. The Morgan fingerprint density at radius 1 is 1.44 bits per heavy atom. The lowest BCUT2D eigenvalue weighted by atomic mass is 9.97. The van der Waals surface area contributed by atoms with Gasteiger partial charge in [-0.3, -0.25) is 0 Å². The average Bonchev–Trinajstić information content (AvgIpc) is 2.26. The van der Waals surface area contributed by atoms with Crippen molar-refractivity contribution in [1.82, 2.24) is 0 Å². The van der Waals surface area contributed by atoms with Gasteiger partial charge in [0, 0.05) is 12.3 Å². The fourth-order valence-electron chi connectivity index (χ4n) is 1.50. The summed E-state index contributed by atoms with van der Waals surface area (Å²) >= 11 is 3.15. The molecule has 0 bridgehead atoms. The Labute approximate surface area is 101 Å². The predicted molar refractivity (Wildman–Crippen MR) is 66.0 cm³/mol. The lowest BCUT2D eigenvalue weighted by Crippen LogP contribution is -2.26. The van der Waals surface area contributed by atoms with Gasteiger partial charge in [0.2, 0.25) is 0 Å². The van der Waals surface area contributed by atoms with Crippen LogP contribution in [0, 0.1) is 11.7 Å². The van der Waals surface area contributed by atoms with Gasteiger partial charge in [-0.15, -0.1) is 5.10 Å². The van der Waals surface area contributed by atoms with Gasteiger partial charge in [-0.05, 0) is 33.6 Å². The summed E-state index contributed by atoms with van der Waals surface area (Å²) in [6.07, 6.45) is 0.730. The maximum absolute atomic E-state index is 13.1. The highest BCUT2D eigenvalue weighted by atomic mass is 79.9. The molecule has 5 heteroatoms. The van der Waals surface area contributed by atoms with Gasteiger partial charge in [-0.25, -0.2) is 4.39 Å². The maximum Gasteiger partial charge on any atom is 0.137 e. The van der Waals surface area contributed by atoms with Crippen molar-refractivity contribution >= 4 is 27.5 Å². The van der Waals surface area contributed by atoms with Gasteiger partial charge in [0.15, 0.2) is 0 Å². The zero-order chi connectivity index (χ0) is 11.7. The molecule has 1 aliphatic heterocycles. The van der Waals surface area contributed by atoms with Crippen LogP contribution in [-0.2, 0) is 0 Å². The van der Waals surface area contributed by atoms with E-state index in [1.54, 1.807) is 12.1 Å². The summed E-state index contributed by atoms with van der Waals surface area (Å²) < 4.78 is 13.5. The number of benzene rings is 1. The van der Waals surface area contributed by atoms with Crippen LogP contribution in [0.1, 0.15) is 18.9 Å². The lowest BCUT2D eigenvalue weighted by Gasteiger charge is -2.16. The van der Waals surface area contributed by atoms with Crippen molar-refractivity contribution < 1.29 is 4.39 Å². The third-order valence-electron chi connectivity index (χ3n) is 2.54. The van der Waals surface area contributed by atoms with Crippen LogP contribution in [0.15, 0.2) is 32.9 Å². The summed E-state index contributed by atoms with van der Waals surface area (Å²) in [4.78, 5) is 0. The molecule has 16 heavy (non-hydrogen) atoms. The molecular weight excluding hydrogens is 273 g/mol. The van der Waals surface area contributed by atoms with Crippen LogP contribution in [0.2, 0.25) is 0 Å². The molecule has 0 spiro atoms. The first kappa shape index (κ1) is 11.3. The third-order valence-corrected chi connectivity index (χ3v) is 3.15. The molecule has 3 nitrogen and oxygen atoms in total. The second kappa shape index (κ2) is 4.33. The van der Waals surface area contributed by atoms with Crippen molar-refractivity contribution in [2.45, 2.75) is 13.3 Å². The molecule has 0 saturated carbocycles. The maximum atomic E-state index is 13.1. The number of amidine groups is 1. The SMILES string of the molecule is CC1CC(c2ccc(F)c(Br)c2)=NN=C1N. The molecule has 0 fully saturated rings. The zero-order valence-electron chi connectivity index (χ0n) is 8.74. The molecule has 84 valence electrons. The van der Waals surface area contributed by atoms with E-state index in [4.69, 9.17) is 5.73 Å². The minimum Gasteiger partial charge on any atom is -0.385 e. The Balaban J connectivity index is 2.35. The van der Waals surface area contributed by atoms with E-state index in [0.29, 0.717) is 10.3 Å². The smallest absolute Gasteiger partial charge is 0.137 e. The minimum absolute atomic E-state index is 0.177. The fraction of sp³-hybridized carbons (Fsp3) is 0.273. The second-order valence-electron chi connectivity index (χ2n) is 3.81. The van der Waals surface area contributed by atoms with E-state index in [0.717, 1.165) is 17.7 Å². The summed E-state index contributed by atoms with van der Waals surface area (Å²) in [7, 11) is 0. The van der Waals surface area contributed by atoms with Crippen molar-refractivity contribution in [3.05, 3.63) is 34.1 Å². The highest BCUT2D eigenvalue weighted by molar-refractivity contribution is 9.10.